The summed E-state index contributed by atoms with van der Waals surface area (Å²) >= 11 is 0. The van der Waals surface area contributed by atoms with Gasteiger partial charge >= 0.3 is 0 Å². The number of methoxy groups -OCH3 is 1. The van der Waals surface area contributed by atoms with Gasteiger partial charge in [0.2, 0.25) is 11.8 Å². The maximum atomic E-state index is 15.2. The number of hydrogen-bond donors (Lipinski definition) is 2. The molecule has 0 saturated carbocycles. The molecule has 2 N–H and O–H groups in total. The average molecular weight is 457 g/mol. The van der Waals surface area contributed by atoms with Crippen molar-refractivity contribution in [2.45, 2.75) is 13.0 Å². The standard InChI is InChI=1S/C21H21F2N7O3/c1-10(12-8-33-9-12)26-21-27-20(32-3)17-16(14(23)7-30(17)28-21)11-4-13(22)18-25-5-15(19(31)24-2)29(18)6-11/h4-7,10,12H,8-9H2,1-3H3,(H,24,31)(H,26,28)/t10-/m0/s1. The fourth-order valence-electron chi connectivity index (χ4n) is 3.84. The molecule has 12 heteroatoms. The highest BCUT2D eigenvalue weighted by Gasteiger charge is 2.27. The minimum Gasteiger partial charge on any atom is -0.479 e. The Morgan fingerprint density at radius 2 is 2.09 bits per heavy atom. The fourth-order valence-corrected chi connectivity index (χ4v) is 3.84. The molecule has 33 heavy (non-hydrogen) atoms. The number of anilines is 1. The maximum Gasteiger partial charge on any atom is 0.269 e. The van der Waals surface area contributed by atoms with Crippen molar-refractivity contribution in [2.75, 3.05) is 32.7 Å². The minimum absolute atomic E-state index is 0.0381. The van der Waals surface area contributed by atoms with E-state index in [0.29, 0.717) is 19.1 Å². The van der Waals surface area contributed by atoms with Crippen LogP contribution in [0, 0.1) is 17.6 Å². The maximum absolute atomic E-state index is 15.2. The van der Waals surface area contributed by atoms with Gasteiger partial charge in [-0.1, -0.05) is 0 Å². The van der Waals surface area contributed by atoms with E-state index in [-0.39, 0.29) is 45.9 Å². The topological polar surface area (TPSA) is 107 Å². The number of fused-ring (bicyclic) bond motifs is 2. The lowest BCUT2D eigenvalue weighted by Crippen LogP contribution is -2.40. The molecule has 0 unspecified atom stereocenters. The average Bonchev–Trinajstić information content (AvgIpc) is 3.31. The Morgan fingerprint density at radius 1 is 1.30 bits per heavy atom. The van der Waals surface area contributed by atoms with E-state index in [0.717, 1.165) is 6.07 Å². The Labute approximate surface area is 186 Å². The molecule has 10 nitrogen and oxygen atoms in total. The van der Waals surface area contributed by atoms with Crippen molar-refractivity contribution in [1.29, 1.82) is 0 Å². The zero-order valence-electron chi connectivity index (χ0n) is 18.1. The molecule has 4 aromatic rings. The third kappa shape index (κ3) is 3.42. The van der Waals surface area contributed by atoms with E-state index in [1.807, 2.05) is 6.92 Å². The first-order chi connectivity index (χ1) is 15.9. The van der Waals surface area contributed by atoms with E-state index in [1.165, 1.54) is 41.7 Å². The summed E-state index contributed by atoms with van der Waals surface area (Å²) in [5.41, 5.74) is 0.494. The smallest absolute Gasteiger partial charge is 0.269 e. The molecule has 0 spiro atoms. The van der Waals surface area contributed by atoms with Crippen LogP contribution in [0.3, 0.4) is 0 Å². The summed E-state index contributed by atoms with van der Waals surface area (Å²) in [4.78, 5) is 20.5. The molecule has 172 valence electrons. The number of imidazole rings is 1. The highest BCUT2D eigenvalue weighted by Crippen LogP contribution is 2.35. The van der Waals surface area contributed by atoms with Crippen LogP contribution in [-0.4, -0.2) is 63.3 Å². The summed E-state index contributed by atoms with van der Waals surface area (Å²) in [5, 5.41) is 10.0. The number of carbonyl (C=O) groups excluding carboxylic acids is 1. The van der Waals surface area contributed by atoms with Gasteiger partial charge in [0.1, 0.15) is 11.2 Å². The molecule has 0 aliphatic carbocycles. The van der Waals surface area contributed by atoms with Crippen LogP contribution in [0.25, 0.3) is 22.3 Å². The van der Waals surface area contributed by atoms with Gasteiger partial charge in [-0.3, -0.25) is 9.20 Å². The van der Waals surface area contributed by atoms with Gasteiger partial charge in [0.25, 0.3) is 5.91 Å². The first-order valence-electron chi connectivity index (χ1n) is 10.3. The lowest BCUT2D eigenvalue weighted by Gasteiger charge is -2.31. The van der Waals surface area contributed by atoms with Gasteiger partial charge in [-0.2, -0.15) is 4.98 Å². The highest BCUT2D eigenvalue weighted by molar-refractivity contribution is 5.93. The Hall–Kier alpha value is -3.80. The molecule has 5 heterocycles. The van der Waals surface area contributed by atoms with Gasteiger partial charge in [0.15, 0.2) is 17.3 Å². The number of nitrogens with one attached hydrogen (secondary N) is 2. The number of halogens is 2. The molecule has 1 aliphatic heterocycles. The lowest BCUT2D eigenvalue weighted by molar-refractivity contribution is -0.0380. The summed E-state index contributed by atoms with van der Waals surface area (Å²) in [6.45, 7) is 3.29. The normalized spacial score (nSPS) is 14.9. The minimum atomic E-state index is -0.712. The second kappa shape index (κ2) is 7.96. The molecule has 4 aromatic heterocycles. The number of pyridine rings is 1. The largest absolute Gasteiger partial charge is 0.479 e. The van der Waals surface area contributed by atoms with Crippen molar-refractivity contribution in [3.63, 3.8) is 0 Å². The molecular weight excluding hydrogens is 436 g/mol. The van der Waals surface area contributed by atoms with E-state index in [4.69, 9.17) is 9.47 Å². The Kier molecular flexibility index (Phi) is 5.08. The van der Waals surface area contributed by atoms with Crippen LogP contribution < -0.4 is 15.4 Å². The fraction of sp³-hybridized carbons (Fsp3) is 0.333. The number of rotatable bonds is 6. The highest BCUT2D eigenvalue weighted by atomic mass is 19.1. The van der Waals surface area contributed by atoms with Gasteiger partial charge in [0, 0.05) is 30.8 Å². The van der Waals surface area contributed by atoms with Crippen LogP contribution in [0.15, 0.2) is 24.7 Å². The third-order valence-electron chi connectivity index (χ3n) is 5.78. The predicted octanol–water partition coefficient (Wildman–Crippen LogP) is 2.14. The molecule has 5 rings (SSSR count). The summed E-state index contributed by atoms with van der Waals surface area (Å²) in [5.74, 6) is -1.12. The SMILES string of the molecule is CNC(=O)c1cnc2c(F)cc(-c3c(F)cn4nc(N[C@@H](C)C5COC5)nc(OC)c34)cn12. The van der Waals surface area contributed by atoms with Gasteiger partial charge in [0.05, 0.1) is 38.3 Å². The molecule has 1 atom stereocenters. The van der Waals surface area contributed by atoms with Crippen molar-refractivity contribution in [2.24, 2.45) is 5.92 Å². The van der Waals surface area contributed by atoms with E-state index in [9.17, 15) is 9.18 Å². The Morgan fingerprint density at radius 3 is 2.76 bits per heavy atom. The van der Waals surface area contributed by atoms with Crippen molar-refractivity contribution in [3.8, 4) is 17.0 Å². The number of hydrogen-bond acceptors (Lipinski definition) is 7. The zero-order chi connectivity index (χ0) is 23.3. The molecule has 0 bridgehead atoms. The first kappa shape index (κ1) is 21.1. The summed E-state index contributed by atoms with van der Waals surface area (Å²) in [6.07, 6.45) is 3.87. The van der Waals surface area contributed by atoms with Gasteiger partial charge < -0.3 is 20.1 Å². The third-order valence-corrected chi connectivity index (χ3v) is 5.78. The van der Waals surface area contributed by atoms with E-state index >= 15 is 4.39 Å². The van der Waals surface area contributed by atoms with Crippen LogP contribution in [-0.2, 0) is 4.74 Å². The summed E-state index contributed by atoms with van der Waals surface area (Å²) < 4.78 is 43.2. The van der Waals surface area contributed by atoms with Gasteiger partial charge in [-0.15, -0.1) is 5.10 Å². The molecule has 0 radical (unpaired) electrons. The number of ether oxygens (including phenoxy) is 2. The predicted molar refractivity (Wildman–Crippen MR) is 114 cm³/mol. The number of amides is 1. The number of aromatic nitrogens is 5. The van der Waals surface area contributed by atoms with E-state index in [2.05, 4.69) is 25.7 Å². The van der Waals surface area contributed by atoms with Crippen molar-refractivity contribution in [3.05, 3.63) is 42.0 Å². The van der Waals surface area contributed by atoms with Crippen molar-refractivity contribution < 1.29 is 23.0 Å². The number of carbonyl (C=O) groups is 1. The van der Waals surface area contributed by atoms with E-state index < -0.39 is 17.5 Å². The van der Waals surface area contributed by atoms with E-state index in [1.54, 1.807) is 0 Å². The first-order valence-corrected chi connectivity index (χ1v) is 10.3. The molecular formula is C21H21F2N7O3. The monoisotopic (exact) mass is 457 g/mol. The lowest BCUT2D eigenvalue weighted by atomic mass is 10.0. The Balaban J connectivity index is 1.64. The van der Waals surface area contributed by atoms with Crippen LogP contribution in [0.1, 0.15) is 17.4 Å². The second-order valence-corrected chi connectivity index (χ2v) is 7.81. The van der Waals surface area contributed by atoms with Crippen LogP contribution in [0.5, 0.6) is 5.88 Å². The van der Waals surface area contributed by atoms with Crippen molar-refractivity contribution >= 4 is 23.0 Å². The van der Waals surface area contributed by atoms with Crippen LogP contribution in [0.2, 0.25) is 0 Å². The van der Waals surface area contributed by atoms with Gasteiger partial charge in [-0.05, 0) is 13.0 Å². The van der Waals surface area contributed by atoms with Crippen LogP contribution in [0.4, 0.5) is 14.7 Å². The molecule has 1 fully saturated rings. The van der Waals surface area contributed by atoms with Crippen LogP contribution >= 0.6 is 0 Å². The molecule has 1 amide bonds. The Bertz CT molecular complexity index is 1380. The molecule has 0 aromatic carbocycles. The quantitative estimate of drug-likeness (QED) is 0.457. The number of nitrogens with zero attached hydrogens (tertiary/aromatic N) is 5. The second-order valence-electron chi connectivity index (χ2n) is 7.81. The van der Waals surface area contributed by atoms with Crippen molar-refractivity contribution in [1.82, 2.24) is 29.3 Å². The molecule has 1 aliphatic rings. The summed E-state index contributed by atoms with van der Waals surface area (Å²) in [7, 11) is 2.86. The zero-order valence-corrected chi connectivity index (χ0v) is 18.1. The molecule has 1 saturated heterocycles. The van der Waals surface area contributed by atoms with Gasteiger partial charge in [-0.25, -0.2) is 18.3 Å². The summed E-state index contributed by atoms with van der Waals surface area (Å²) in [6, 6.07) is 1.19.